The lowest BCUT2D eigenvalue weighted by Gasteiger charge is -2.10. The number of nitriles is 1. The maximum absolute atomic E-state index is 13.9. The van der Waals surface area contributed by atoms with Crippen LogP contribution in [0.5, 0.6) is 5.75 Å². The van der Waals surface area contributed by atoms with Gasteiger partial charge in [0.15, 0.2) is 0 Å². The fourth-order valence-corrected chi connectivity index (χ4v) is 2.09. The number of carbonyl (C=O) groups is 1. The molecule has 0 aromatic heterocycles. The van der Waals surface area contributed by atoms with Crippen molar-refractivity contribution in [3.8, 4) is 11.8 Å². The summed E-state index contributed by atoms with van der Waals surface area (Å²) in [5.74, 6) is -1.67. The van der Waals surface area contributed by atoms with E-state index in [2.05, 4.69) is 15.9 Å². The second-order valence-corrected chi connectivity index (χ2v) is 5.04. The van der Waals surface area contributed by atoms with E-state index in [0.29, 0.717) is 4.47 Å². The molecule has 0 saturated heterocycles. The van der Waals surface area contributed by atoms with Crippen molar-refractivity contribution in [2.45, 2.75) is 6.61 Å². The molecular weight excluding hydrogens is 341 g/mol. The first-order valence-corrected chi connectivity index (χ1v) is 6.65. The van der Waals surface area contributed by atoms with Gasteiger partial charge in [0.05, 0.1) is 5.56 Å². The smallest absolute Gasteiger partial charge is 0.339 e. The molecule has 2 aromatic carbocycles. The maximum atomic E-state index is 13.9. The van der Waals surface area contributed by atoms with Crippen molar-refractivity contribution >= 4 is 21.9 Å². The maximum Gasteiger partial charge on any atom is 0.339 e. The third-order valence-corrected chi connectivity index (χ3v) is 3.25. The van der Waals surface area contributed by atoms with E-state index in [1.165, 1.54) is 24.3 Å². The summed E-state index contributed by atoms with van der Waals surface area (Å²) >= 11 is 3.18. The molecule has 4 nitrogen and oxygen atoms in total. The SMILES string of the molecule is N#Cc1cccc(COc2ccc(Br)cc2C(=O)O)c1F. The van der Waals surface area contributed by atoms with Crippen molar-refractivity contribution in [2.24, 2.45) is 0 Å². The van der Waals surface area contributed by atoms with Gasteiger partial charge in [0.2, 0.25) is 0 Å². The van der Waals surface area contributed by atoms with E-state index in [1.54, 1.807) is 18.2 Å². The first-order valence-electron chi connectivity index (χ1n) is 5.86. The minimum Gasteiger partial charge on any atom is -0.488 e. The van der Waals surface area contributed by atoms with Crippen molar-refractivity contribution < 1.29 is 19.0 Å². The molecule has 0 aliphatic carbocycles. The summed E-state index contributed by atoms with van der Waals surface area (Å²) in [6, 6.07) is 10.6. The van der Waals surface area contributed by atoms with Crippen LogP contribution in [0.2, 0.25) is 0 Å². The fourth-order valence-electron chi connectivity index (χ4n) is 1.73. The standard InChI is InChI=1S/C15H9BrFNO3/c16-11-4-5-13(12(6-11)15(19)20)21-8-10-3-1-2-9(7-18)14(10)17/h1-6H,8H2,(H,19,20). The van der Waals surface area contributed by atoms with Crippen LogP contribution in [0.4, 0.5) is 4.39 Å². The van der Waals surface area contributed by atoms with Crippen LogP contribution in [-0.4, -0.2) is 11.1 Å². The molecule has 0 aliphatic heterocycles. The first-order chi connectivity index (χ1) is 10.0. The van der Waals surface area contributed by atoms with Crippen molar-refractivity contribution in [3.63, 3.8) is 0 Å². The lowest BCUT2D eigenvalue weighted by atomic mass is 10.1. The Morgan fingerprint density at radius 1 is 1.38 bits per heavy atom. The quantitative estimate of drug-likeness (QED) is 0.912. The average molecular weight is 350 g/mol. The molecule has 0 radical (unpaired) electrons. The van der Waals surface area contributed by atoms with Crippen LogP contribution >= 0.6 is 15.9 Å². The van der Waals surface area contributed by atoms with Gasteiger partial charge in [-0.2, -0.15) is 5.26 Å². The van der Waals surface area contributed by atoms with Gasteiger partial charge in [0.1, 0.15) is 29.8 Å². The zero-order valence-electron chi connectivity index (χ0n) is 10.6. The van der Waals surface area contributed by atoms with Crippen LogP contribution in [0.3, 0.4) is 0 Å². The lowest BCUT2D eigenvalue weighted by Crippen LogP contribution is -2.05. The first kappa shape index (κ1) is 15.0. The van der Waals surface area contributed by atoms with Gasteiger partial charge >= 0.3 is 5.97 Å². The monoisotopic (exact) mass is 349 g/mol. The van der Waals surface area contributed by atoms with E-state index in [1.807, 2.05) is 0 Å². The number of benzene rings is 2. The third kappa shape index (κ3) is 3.38. The molecule has 0 heterocycles. The molecule has 0 amide bonds. The van der Waals surface area contributed by atoms with Gasteiger partial charge in [0.25, 0.3) is 0 Å². The van der Waals surface area contributed by atoms with E-state index < -0.39 is 11.8 Å². The van der Waals surface area contributed by atoms with Gasteiger partial charge < -0.3 is 9.84 Å². The Morgan fingerprint density at radius 3 is 2.81 bits per heavy atom. The normalized spacial score (nSPS) is 9.95. The number of nitrogens with zero attached hydrogens (tertiary/aromatic N) is 1. The number of hydrogen-bond donors (Lipinski definition) is 1. The summed E-state index contributed by atoms with van der Waals surface area (Å²) in [7, 11) is 0. The van der Waals surface area contributed by atoms with Crippen LogP contribution in [0, 0.1) is 17.1 Å². The molecule has 1 N–H and O–H groups in total. The number of hydrogen-bond acceptors (Lipinski definition) is 3. The molecule has 0 aliphatic rings. The second-order valence-electron chi connectivity index (χ2n) is 4.12. The molecule has 2 aromatic rings. The minimum atomic E-state index is -1.14. The summed E-state index contributed by atoms with van der Waals surface area (Å²) in [5, 5.41) is 17.9. The molecule has 0 saturated carbocycles. The van der Waals surface area contributed by atoms with Gasteiger partial charge in [-0.05, 0) is 24.3 Å². The number of aromatic carboxylic acids is 1. The zero-order valence-corrected chi connectivity index (χ0v) is 12.2. The van der Waals surface area contributed by atoms with Crippen LogP contribution in [0.1, 0.15) is 21.5 Å². The van der Waals surface area contributed by atoms with E-state index in [0.717, 1.165) is 0 Å². The number of rotatable bonds is 4. The Labute approximate surface area is 128 Å². The van der Waals surface area contributed by atoms with Gasteiger partial charge in [-0.15, -0.1) is 0 Å². The highest BCUT2D eigenvalue weighted by atomic mass is 79.9. The molecule has 0 atom stereocenters. The van der Waals surface area contributed by atoms with Crippen LogP contribution < -0.4 is 4.74 Å². The number of ether oxygens (including phenoxy) is 1. The highest BCUT2D eigenvalue weighted by Gasteiger charge is 2.13. The van der Waals surface area contributed by atoms with E-state index in [9.17, 15) is 9.18 Å². The Balaban J connectivity index is 2.25. The molecule has 2 rings (SSSR count). The van der Waals surface area contributed by atoms with Gasteiger partial charge in [0, 0.05) is 10.0 Å². The van der Waals surface area contributed by atoms with Gasteiger partial charge in [-0.25, -0.2) is 9.18 Å². The third-order valence-electron chi connectivity index (χ3n) is 2.75. The second kappa shape index (κ2) is 6.37. The summed E-state index contributed by atoms with van der Waals surface area (Å²) in [6.45, 7) is -0.163. The molecular formula is C15H9BrFNO3. The fraction of sp³-hybridized carbons (Fsp3) is 0.0667. The number of carboxylic acids is 1. The van der Waals surface area contributed by atoms with Crippen molar-refractivity contribution in [2.75, 3.05) is 0 Å². The number of carboxylic acid groups (broad SMARTS) is 1. The van der Waals surface area contributed by atoms with E-state index >= 15 is 0 Å². The molecule has 21 heavy (non-hydrogen) atoms. The predicted octanol–water partition coefficient (Wildman–Crippen LogP) is 3.74. The van der Waals surface area contributed by atoms with Crippen molar-refractivity contribution in [1.29, 1.82) is 5.26 Å². The average Bonchev–Trinajstić information content (AvgIpc) is 2.47. The molecule has 0 bridgehead atoms. The Kier molecular flexibility index (Phi) is 4.55. The highest BCUT2D eigenvalue weighted by molar-refractivity contribution is 9.10. The molecule has 106 valence electrons. The summed E-state index contributed by atoms with van der Waals surface area (Å²) in [5.41, 5.74) is 0.0832. The van der Waals surface area contributed by atoms with E-state index in [-0.39, 0.29) is 29.0 Å². The molecule has 0 unspecified atom stereocenters. The largest absolute Gasteiger partial charge is 0.488 e. The molecule has 6 heteroatoms. The zero-order chi connectivity index (χ0) is 15.4. The lowest BCUT2D eigenvalue weighted by molar-refractivity contribution is 0.0691. The predicted molar refractivity (Wildman–Crippen MR) is 76.5 cm³/mol. The van der Waals surface area contributed by atoms with Crippen molar-refractivity contribution in [3.05, 3.63) is 63.4 Å². The summed E-state index contributed by atoms with van der Waals surface area (Å²) < 4.78 is 19.8. The van der Waals surface area contributed by atoms with Gasteiger partial charge in [-0.3, -0.25) is 0 Å². The molecule has 0 spiro atoms. The van der Waals surface area contributed by atoms with Crippen molar-refractivity contribution in [1.82, 2.24) is 0 Å². The summed E-state index contributed by atoms with van der Waals surface area (Å²) in [4.78, 5) is 11.1. The van der Waals surface area contributed by atoms with Crippen LogP contribution in [0.25, 0.3) is 0 Å². The van der Waals surface area contributed by atoms with Crippen LogP contribution in [0.15, 0.2) is 40.9 Å². The topological polar surface area (TPSA) is 70.3 Å². The Bertz CT molecular complexity index is 740. The Morgan fingerprint density at radius 2 is 2.14 bits per heavy atom. The van der Waals surface area contributed by atoms with E-state index in [4.69, 9.17) is 15.1 Å². The number of halogens is 2. The highest BCUT2D eigenvalue weighted by Crippen LogP contribution is 2.24. The molecule has 0 fully saturated rings. The Hall–Kier alpha value is -2.39. The minimum absolute atomic E-state index is 0.0266. The van der Waals surface area contributed by atoms with Gasteiger partial charge in [-0.1, -0.05) is 28.1 Å². The van der Waals surface area contributed by atoms with Crippen LogP contribution in [-0.2, 0) is 6.61 Å². The summed E-state index contributed by atoms with van der Waals surface area (Å²) in [6.07, 6.45) is 0.